The number of anilines is 1. The molecular formula is C18H19NO3. The van der Waals surface area contributed by atoms with Crippen LogP contribution >= 0.6 is 0 Å². The van der Waals surface area contributed by atoms with Crippen molar-refractivity contribution >= 4 is 17.6 Å². The Morgan fingerprint density at radius 1 is 1.00 bits per heavy atom. The molecule has 0 atom stereocenters. The van der Waals surface area contributed by atoms with E-state index in [1.807, 2.05) is 61.5 Å². The van der Waals surface area contributed by atoms with Gasteiger partial charge in [0.25, 0.3) is 5.91 Å². The molecular weight excluding hydrogens is 278 g/mol. The lowest BCUT2D eigenvalue weighted by molar-refractivity contribution is -0.146. The van der Waals surface area contributed by atoms with Crippen LogP contribution < -0.4 is 5.32 Å². The summed E-state index contributed by atoms with van der Waals surface area (Å²) in [6.45, 7) is 1.74. The van der Waals surface area contributed by atoms with Crippen LogP contribution in [0, 0.1) is 0 Å². The maximum atomic E-state index is 11.8. The summed E-state index contributed by atoms with van der Waals surface area (Å²) >= 11 is 0. The molecule has 4 heteroatoms. The fourth-order valence-electron chi connectivity index (χ4n) is 2.10. The van der Waals surface area contributed by atoms with Crippen LogP contribution in [0.25, 0.3) is 0 Å². The fourth-order valence-corrected chi connectivity index (χ4v) is 2.10. The second kappa shape index (κ2) is 7.98. The molecule has 0 saturated carbocycles. The van der Waals surface area contributed by atoms with Crippen molar-refractivity contribution in [1.82, 2.24) is 0 Å². The summed E-state index contributed by atoms with van der Waals surface area (Å²) in [5.41, 5.74) is 2.67. The van der Waals surface area contributed by atoms with Gasteiger partial charge in [-0.2, -0.15) is 0 Å². The predicted octanol–water partition coefficient (Wildman–Crippen LogP) is 2.97. The number of carbonyl (C=O) groups excluding carboxylic acids is 2. The first kappa shape index (κ1) is 15.8. The molecule has 22 heavy (non-hydrogen) atoms. The maximum Gasteiger partial charge on any atom is 0.310 e. The Morgan fingerprint density at radius 2 is 1.68 bits per heavy atom. The van der Waals surface area contributed by atoms with Gasteiger partial charge in [0, 0.05) is 5.69 Å². The molecule has 0 saturated heterocycles. The minimum atomic E-state index is -0.412. The highest BCUT2D eigenvalue weighted by Gasteiger charge is 2.10. The quantitative estimate of drug-likeness (QED) is 0.834. The third-order valence-electron chi connectivity index (χ3n) is 3.23. The zero-order valence-electron chi connectivity index (χ0n) is 12.5. The van der Waals surface area contributed by atoms with Crippen LogP contribution in [-0.4, -0.2) is 18.5 Å². The molecule has 2 aromatic carbocycles. The van der Waals surface area contributed by atoms with E-state index in [4.69, 9.17) is 4.74 Å². The number of esters is 1. The molecule has 0 unspecified atom stereocenters. The lowest BCUT2D eigenvalue weighted by Gasteiger charge is -2.10. The summed E-state index contributed by atoms with van der Waals surface area (Å²) in [7, 11) is 0. The molecule has 2 aromatic rings. The number of hydrogen-bond donors (Lipinski definition) is 1. The Labute approximate surface area is 130 Å². The Bertz CT molecular complexity index is 638. The van der Waals surface area contributed by atoms with E-state index in [9.17, 15) is 9.59 Å². The number of rotatable bonds is 6. The summed E-state index contributed by atoms with van der Waals surface area (Å²) in [5, 5.41) is 2.76. The maximum absolute atomic E-state index is 11.8. The standard InChI is InChI=1S/C18H19NO3/c1-2-15-10-6-7-11-16(15)19-17(20)13-22-18(21)12-14-8-4-3-5-9-14/h3-11H,2,12-13H2,1H3,(H,19,20). The summed E-state index contributed by atoms with van der Waals surface area (Å²) in [5.74, 6) is -0.743. The van der Waals surface area contributed by atoms with E-state index in [0.29, 0.717) is 0 Å². The molecule has 1 amide bonds. The van der Waals surface area contributed by atoms with Crippen molar-refractivity contribution in [1.29, 1.82) is 0 Å². The highest BCUT2D eigenvalue weighted by atomic mass is 16.5. The van der Waals surface area contributed by atoms with Crippen LogP contribution in [0.1, 0.15) is 18.1 Å². The third kappa shape index (κ3) is 4.74. The van der Waals surface area contributed by atoms with Crippen LogP contribution in [0.15, 0.2) is 54.6 Å². The van der Waals surface area contributed by atoms with Crippen molar-refractivity contribution in [2.24, 2.45) is 0 Å². The van der Waals surface area contributed by atoms with E-state index in [1.165, 1.54) is 0 Å². The van der Waals surface area contributed by atoms with Gasteiger partial charge in [0.1, 0.15) is 0 Å². The monoisotopic (exact) mass is 297 g/mol. The Kier molecular flexibility index (Phi) is 5.72. The van der Waals surface area contributed by atoms with Crippen molar-refractivity contribution in [2.45, 2.75) is 19.8 Å². The highest BCUT2D eigenvalue weighted by Crippen LogP contribution is 2.15. The zero-order chi connectivity index (χ0) is 15.8. The number of amides is 1. The molecule has 0 aliphatic carbocycles. The van der Waals surface area contributed by atoms with Gasteiger partial charge in [-0.15, -0.1) is 0 Å². The summed E-state index contributed by atoms with van der Waals surface area (Å²) in [6, 6.07) is 16.9. The topological polar surface area (TPSA) is 55.4 Å². The second-order valence-electron chi connectivity index (χ2n) is 4.88. The van der Waals surface area contributed by atoms with E-state index < -0.39 is 5.97 Å². The Balaban J connectivity index is 1.81. The van der Waals surface area contributed by atoms with Gasteiger partial charge >= 0.3 is 5.97 Å². The van der Waals surface area contributed by atoms with Gasteiger partial charge in [0.05, 0.1) is 6.42 Å². The van der Waals surface area contributed by atoms with Gasteiger partial charge in [-0.25, -0.2) is 0 Å². The van der Waals surface area contributed by atoms with Gasteiger partial charge in [-0.1, -0.05) is 55.5 Å². The first-order valence-electron chi connectivity index (χ1n) is 7.26. The minimum absolute atomic E-state index is 0.166. The molecule has 2 rings (SSSR count). The van der Waals surface area contributed by atoms with Crippen LogP contribution in [0.4, 0.5) is 5.69 Å². The average Bonchev–Trinajstić information content (AvgIpc) is 2.54. The Hall–Kier alpha value is -2.62. The van der Waals surface area contributed by atoms with Crippen LogP contribution in [0.5, 0.6) is 0 Å². The fraction of sp³-hybridized carbons (Fsp3) is 0.222. The van der Waals surface area contributed by atoms with E-state index in [-0.39, 0.29) is 18.9 Å². The molecule has 0 bridgehead atoms. The third-order valence-corrected chi connectivity index (χ3v) is 3.23. The van der Waals surface area contributed by atoms with Crippen molar-refractivity contribution in [3.05, 3.63) is 65.7 Å². The number of nitrogens with one attached hydrogen (secondary N) is 1. The number of carbonyl (C=O) groups is 2. The molecule has 4 nitrogen and oxygen atoms in total. The van der Waals surface area contributed by atoms with E-state index in [1.54, 1.807) is 0 Å². The van der Waals surface area contributed by atoms with Gasteiger partial charge in [0.2, 0.25) is 0 Å². The van der Waals surface area contributed by atoms with Gasteiger partial charge in [-0.05, 0) is 23.6 Å². The van der Waals surface area contributed by atoms with Crippen molar-refractivity contribution in [3.63, 3.8) is 0 Å². The van der Waals surface area contributed by atoms with Crippen molar-refractivity contribution in [2.75, 3.05) is 11.9 Å². The number of hydrogen-bond acceptors (Lipinski definition) is 3. The van der Waals surface area contributed by atoms with Gasteiger partial charge in [0.15, 0.2) is 6.61 Å². The molecule has 0 aliphatic heterocycles. The SMILES string of the molecule is CCc1ccccc1NC(=O)COC(=O)Cc1ccccc1. The van der Waals surface area contributed by atoms with Gasteiger partial charge in [-0.3, -0.25) is 9.59 Å². The molecule has 0 fully saturated rings. The molecule has 0 heterocycles. The van der Waals surface area contributed by atoms with Crippen LogP contribution in [0.3, 0.4) is 0 Å². The normalized spacial score (nSPS) is 10.0. The molecule has 0 aromatic heterocycles. The summed E-state index contributed by atoms with van der Waals surface area (Å²) < 4.78 is 5.00. The number of para-hydroxylation sites is 1. The van der Waals surface area contributed by atoms with Crippen molar-refractivity contribution in [3.8, 4) is 0 Å². The summed E-state index contributed by atoms with van der Waals surface area (Å²) in [4.78, 5) is 23.5. The predicted molar refractivity (Wildman–Crippen MR) is 85.6 cm³/mol. The highest BCUT2D eigenvalue weighted by molar-refractivity contribution is 5.93. The van der Waals surface area contributed by atoms with Crippen molar-refractivity contribution < 1.29 is 14.3 Å². The van der Waals surface area contributed by atoms with Gasteiger partial charge < -0.3 is 10.1 Å². The minimum Gasteiger partial charge on any atom is -0.455 e. The second-order valence-corrected chi connectivity index (χ2v) is 4.88. The smallest absolute Gasteiger partial charge is 0.310 e. The van der Waals surface area contributed by atoms with E-state index in [0.717, 1.165) is 23.2 Å². The largest absolute Gasteiger partial charge is 0.455 e. The lowest BCUT2D eigenvalue weighted by atomic mass is 10.1. The molecule has 1 N–H and O–H groups in total. The number of ether oxygens (including phenoxy) is 1. The zero-order valence-corrected chi connectivity index (χ0v) is 12.5. The average molecular weight is 297 g/mol. The van der Waals surface area contributed by atoms with Crippen LogP contribution in [0.2, 0.25) is 0 Å². The van der Waals surface area contributed by atoms with E-state index in [2.05, 4.69) is 5.32 Å². The summed E-state index contributed by atoms with van der Waals surface area (Å²) in [6.07, 6.45) is 0.990. The molecule has 0 spiro atoms. The molecule has 0 aliphatic rings. The number of aryl methyl sites for hydroxylation is 1. The first-order valence-corrected chi connectivity index (χ1v) is 7.26. The lowest BCUT2D eigenvalue weighted by Crippen LogP contribution is -2.22. The first-order chi connectivity index (χ1) is 10.7. The molecule has 0 radical (unpaired) electrons. The molecule has 114 valence electrons. The Morgan fingerprint density at radius 3 is 2.41 bits per heavy atom. The van der Waals surface area contributed by atoms with E-state index >= 15 is 0 Å². The van der Waals surface area contributed by atoms with Crippen LogP contribution in [-0.2, 0) is 27.2 Å². The number of benzene rings is 2.